The molecule has 1 aliphatic rings. The Morgan fingerprint density at radius 2 is 1.91 bits per heavy atom. The van der Waals surface area contributed by atoms with Gasteiger partial charge in [0.25, 0.3) is 0 Å². The third kappa shape index (κ3) is 4.53. The van der Waals surface area contributed by atoms with E-state index in [0.29, 0.717) is 12.0 Å². The van der Waals surface area contributed by atoms with Gasteiger partial charge in [0.1, 0.15) is 5.25 Å². The van der Waals surface area contributed by atoms with Gasteiger partial charge in [0, 0.05) is 6.54 Å². The van der Waals surface area contributed by atoms with Crippen LogP contribution in [-0.4, -0.2) is 37.0 Å². The van der Waals surface area contributed by atoms with Gasteiger partial charge in [-0.05, 0) is 31.4 Å². The number of aliphatic carboxylic acids is 1. The maximum absolute atomic E-state index is 12.2. The van der Waals surface area contributed by atoms with Crippen molar-refractivity contribution in [2.45, 2.75) is 44.1 Å². The molecule has 0 bridgehead atoms. The molecule has 2 rings (SSSR count). The monoisotopic (exact) mass is 327 g/mol. The Kier molecular flexibility index (Phi) is 4.89. The van der Waals surface area contributed by atoms with Crippen molar-refractivity contribution in [3.63, 3.8) is 0 Å². The van der Waals surface area contributed by atoms with E-state index < -0.39 is 26.8 Å². The maximum atomic E-state index is 12.2. The summed E-state index contributed by atoms with van der Waals surface area (Å²) in [6.45, 7) is 4.15. The van der Waals surface area contributed by atoms with Gasteiger partial charge in [0.05, 0.1) is 18.6 Å². The molecule has 0 aliphatic carbocycles. The van der Waals surface area contributed by atoms with Crippen molar-refractivity contribution in [3.05, 3.63) is 35.4 Å². The first-order chi connectivity index (χ1) is 10.2. The normalized spacial score (nSPS) is 20.9. The summed E-state index contributed by atoms with van der Waals surface area (Å²) < 4.78 is 32.5. The van der Waals surface area contributed by atoms with E-state index in [4.69, 9.17) is 9.84 Å². The van der Waals surface area contributed by atoms with Gasteiger partial charge in [-0.3, -0.25) is 4.79 Å². The molecule has 7 heteroatoms. The van der Waals surface area contributed by atoms with Crippen molar-refractivity contribution in [2.24, 2.45) is 0 Å². The quantitative estimate of drug-likeness (QED) is 0.821. The van der Waals surface area contributed by atoms with Crippen LogP contribution in [0.5, 0.6) is 0 Å². The zero-order valence-electron chi connectivity index (χ0n) is 12.7. The van der Waals surface area contributed by atoms with Gasteiger partial charge < -0.3 is 9.84 Å². The average molecular weight is 327 g/mol. The standard InChI is InChI=1S/C15H21NO5S/c1-15(2)8-13(10-21-15)22(19,20)16-9-12-5-3-11(4-6-12)7-14(17)18/h3-6,13,16H,7-10H2,1-2H3,(H,17,18). The Labute approximate surface area is 130 Å². The van der Waals surface area contributed by atoms with Crippen molar-refractivity contribution >= 4 is 16.0 Å². The zero-order chi connectivity index (χ0) is 16.4. The van der Waals surface area contributed by atoms with E-state index >= 15 is 0 Å². The number of hydrogen-bond acceptors (Lipinski definition) is 4. The van der Waals surface area contributed by atoms with E-state index in [1.54, 1.807) is 24.3 Å². The van der Waals surface area contributed by atoms with Crippen LogP contribution in [0.25, 0.3) is 0 Å². The van der Waals surface area contributed by atoms with Gasteiger partial charge in [-0.1, -0.05) is 24.3 Å². The number of hydrogen-bond donors (Lipinski definition) is 2. The molecule has 1 aromatic carbocycles. The Bertz CT molecular complexity index is 636. The van der Waals surface area contributed by atoms with E-state index in [1.807, 2.05) is 13.8 Å². The number of nitrogens with one attached hydrogen (secondary N) is 1. The highest BCUT2D eigenvalue weighted by Gasteiger charge is 2.39. The smallest absolute Gasteiger partial charge is 0.307 e. The summed E-state index contributed by atoms with van der Waals surface area (Å²) in [5.74, 6) is -0.891. The number of ether oxygens (including phenoxy) is 1. The molecule has 1 aromatic rings. The third-order valence-corrected chi connectivity index (χ3v) is 5.40. The second kappa shape index (κ2) is 6.36. The molecular formula is C15H21NO5S. The lowest BCUT2D eigenvalue weighted by atomic mass is 10.1. The van der Waals surface area contributed by atoms with Crippen LogP contribution in [0.4, 0.5) is 0 Å². The molecule has 1 aliphatic heterocycles. The van der Waals surface area contributed by atoms with Crippen molar-refractivity contribution in [3.8, 4) is 0 Å². The summed E-state index contributed by atoms with van der Waals surface area (Å²) >= 11 is 0. The predicted octanol–water partition coefficient (Wildman–Crippen LogP) is 1.30. The molecule has 2 N–H and O–H groups in total. The second-order valence-corrected chi connectivity index (χ2v) is 8.20. The summed E-state index contributed by atoms with van der Waals surface area (Å²) in [6.07, 6.45) is 0.431. The molecule has 0 amide bonds. The molecule has 0 spiro atoms. The maximum Gasteiger partial charge on any atom is 0.307 e. The Morgan fingerprint density at radius 1 is 1.32 bits per heavy atom. The van der Waals surface area contributed by atoms with Crippen LogP contribution in [0.3, 0.4) is 0 Å². The first kappa shape index (κ1) is 16.9. The van der Waals surface area contributed by atoms with E-state index in [9.17, 15) is 13.2 Å². The minimum atomic E-state index is -3.43. The summed E-state index contributed by atoms with van der Waals surface area (Å²) in [6, 6.07) is 6.85. The van der Waals surface area contributed by atoms with Gasteiger partial charge in [0.2, 0.25) is 10.0 Å². The molecular weight excluding hydrogens is 306 g/mol. The highest BCUT2D eigenvalue weighted by molar-refractivity contribution is 7.90. The Morgan fingerprint density at radius 3 is 2.41 bits per heavy atom. The van der Waals surface area contributed by atoms with Crippen molar-refractivity contribution < 1.29 is 23.1 Å². The number of benzene rings is 1. The van der Waals surface area contributed by atoms with Crippen molar-refractivity contribution in [1.29, 1.82) is 0 Å². The first-order valence-corrected chi connectivity index (χ1v) is 8.65. The Balaban J connectivity index is 1.93. The summed E-state index contributed by atoms with van der Waals surface area (Å²) in [7, 11) is -3.43. The number of carboxylic acid groups (broad SMARTS) is 1. The average Bonchev–Trinajstić information content (AvgIpc) is 2.79. The largest absolute Gasteiger partial charge is 0.481 e. The van der Waals surface area contributed by atoms with Crippen molar-refractivity contribution in [1.82, 2.24) is 4.72 Å². The molecule has 6 nitrogen and oxygen atoms in total. The lowest BCUT2D eigenvalue weighted by molar-refractivity contribution is -0.136. The minimum Gasteiger partial charge on any atom is -0.481 e. The zero-order valence-corrected chi connectivity index (χ0v) is 13.5. The van der Waals surface area contributed by atoms with E-state index in [0.717, 1.165) is 5.56 Å². The van der Waals surface area contributed by atoms with Crippen LogP contribution in [0, 0.1) is 0 Å². The summed E-state index contributed by atoms with van der Waals surface area (Å²) in [5.41, 5.74) is 1.07. The van der Waals surface area contributed by atoms with Gasteiger partial charge >= 0.3 is 5.97 Å². The van der Waals surface area contributed by atoms with Crippen LogP contribution in [-0.2, 0) is 32.5 Å². The predicted molar refractivity (Wildman–Crippen MR) is 82.0 cm³/mol. The molecule has 1 saturated heterocycles. The lowest BCUT2D eigenvalue weighted by Gasteiger charge is -2.16. The van der Waals surface area contributed by atoms with Crippen LogP contribution >= 0.6 is 0 Å². The molecule has 1 heterocycles. The molecule has 1 fully saturated rings. The van der Waals surface area contributed by atoms with E-state index in [-0.39, 0.29) is 19.6 Å². The highest BCUT2D eigenvalue weighted by Crippen LogP contribution is 2.28. The number of carboxylic acids is 1. The molecule has 0 radical (unpaired) electrons. The van der Waals surface area contributed by atoms with Crippen molar-refractivity contribution in [2.75, 3.05) is 6.61 Å². The SMILES string of the molecule is CC1(C)CC(S(=O)(=O)NCc2ccc(CC(=O)O)cc2)CO1. The van der Waals surface area contributed by atoms with Gasteiger partial charge in [-0.15, -0.1) is 0 Å². The number of rotatable bonds is 6. The van der Waals surface area contributed by atoms with Crippen LogP contribution < -0.4 is 4.72 Å². The fourth-order valence-electron chi connectivity index (χ4n) is 2.44. The molecule has 122 valence electrons. The lowest BCUT2D eigenvalue weighted by Crippen LogP contribution is -2.35. The van der Waals surface area contributed by atoms with E-state index in [2.05, 4.69) is 4.72 Å². The Hall–Kier alpha value is -1.44. The minimum absolute atomic E-state index is 0.0412. The third-order valence-electron chi connectivity index (χ3n) is 3.67. The topological polar surface area (TPSA) is 92.7 Å². The fourth-order valence-corrected chi connectivity index (χ4v) is 3.91. The van der Waals surface area contributed by atoms with Crippen LogP contribution in [0.15, 0.2) is 24.3 Å². The highest BCUT2D eigenvalue weighted by atomic mass is 32.2. The van der Waals surface area contributed by atoms with Gasteiger partial charge in [-0.25, -0.2) is 13.1 Å². The summed E-state index contributed by atoms with van der Waals surface area (Å²) in [5, 5.41) is 8.17. The molecule has 1 atom stereocenters. The van der Waals surface area contributed by atoms with Crippen LogP contribution in [0.1, 0.15) is 31.4 Å². The molecule has 0 aromatic heterocycles. The van der Waals surface area contributed by atoms with Gasteiger partial charge in [0.15, 0.2) is 0 Å². The fraction of sp³-hybridized carbons (Fsp3) is 0.533. The number of sulfonamides is 1. The van der Waals surface area contributed by atoms with E-state index in [1.165, 1.54) is 0 Å². The molecule has 1 unspecified atom stereocenters. The molecule has 22 heavy (non-hydrogen) atoms. The second-order valence-electron chi connectivity index (χ2n) is 6.15. The number of carbonyl (C=O) groups is 1. The van der Waals surface area contributed by atoms with Gasteiger partial charge in [-0.2, -0.15) is 0 Å². The van der Waals surface area contributed by atoms with Crippen LogP contribution in [0.2, 0.25) is 0 Å². The summed E-state index contributed by atoms with van der Waals surface area (Å²) in [4.78, 5) is 10.6. The first-order valence-electron chi connectivity index (χ1n) is 7.10. The molecule has 0 saturated carbocycles.